The first-order valence-electron chi connectivity index (χ1n) is 16.9. The normalized spacial score (nSPS) is 17.7. The first kappa shape index (κ1) is 27.4. The molecule has 0 fully saturated rings. The van der Waals surface area contributed by atoms with Gasteiger partial charge >= 0.3 is 0 Å². The Labute approximate surface area is 271 Å². The maximum Gasteiger partial charge on any atom is 0.0702 e. The van der Waals surface area contributed by atoms with Crippen LogP contribution in [-0.4, -0.2) is 9.55 Å². The Bertz CT molecular complexity index is 2200. The van der Waals surface area contributed by atoms with Gasteiger partial charge < -0.3 is 4.57 Å². The van der Waals surface area contributed by atoms with E-state index in [0.717, 1.165) is 31.4 Å². The molecule has 0 aliphatic heterocycles. The summed E-state index contributed by atoms with van der Waals surface area (Å²) in [6.45, 7) is 4.78. The second kappa shape index (κ2) is 10.6. The number of aromatic nitrogens is 2. The van der Waals surface area contributed by atoms with E-state index in [9.17, 15) is 0 Å². The van der Waals surface area contributed by atoms with Crippen molar-refractivity contribution >= 4 is 21.8 Å². The number of nitrogens with zero attached hydrogens (tertiary/aromatic N) is 2. The zero-order valence-electron chi connectivity index (χ0n) is 26.6. The van der Waals surface area contributed by atoms with Crippen LogP contribution in [0, 0.1) is 0 Å². The number of pyridine rings is 1. The third-order valence-electron chi connectivity index (χ3n) is 11.1. The Morgan fingerprint density at radius 1 is 0.674 bits per heavy atom. The molecule has 2 aliphatic carbocycles. The van der Waals surface area contributed by atoms with Gasteiger partial charge in [-0.15, -0.1) is 0 Å². The van der Waals surface area contributed by atoms with Gasteiger partial charge in [0.1, 0.15) is 0 Å². The first-order valence-corrected chi connectivity index (χ1v) is 16.9. The van der Waals surface area contributed by atoms with Crippen LogP contribution in [0.25, 0.3) is 44.2 Å². The van der Waals surface area contributed by atoms with Crippen molar-refractivity contribution in [2.75, 3.05) is 0 Å². The molecule has 7 aromatic rings. The predicted octanol–water partition coefficient (Wildman–Crippen LogP) is 11.1. The van der Waals surface area contributed by atoms with Crippen molar-refractivity contribution in [3.05, 3.63) is 161 Å². The summed E-state index contributed by atoms with van der Waals surface area (Å²) in [6.07, 6.45) is 6.19. The standard InChI is InChI=1S/C44H38N2/c1-3-30(24-29(2)46-42-17-8-5-13-37(42)38-14-6-9-18-43(38)46)31-21-22-36-35-12-4-7-15-39(35)44(40(36)26-31)27-33-20-19-32(25-34(33)28-44)41-16-10-11-23-45-41/h4-23,25-26,29-30H,3,24,27-28H2,1-2H3. The molecule has 2 heteroatoms. The molecule has 2 aliphatic rings. The van der Waals surface area contributed by atoms with E-state index in [2.05, 4.69) is 145 Å². The van der Waals surface area contributed by atoms with Gasteiger partial charge in [-0.3, -0.25) is 4.98 Å². The van der Waals surface area contributed by atoms with Crippen LogP contribution >= 0.6 is 0 Å². The van der Waals surface area contributed by atoms with Crippen LogP contribution in [0.4, 0.5) is 0 Å². The minimum absolute atomic E-state index is 0.0241. The molecule has 0 bridgehead atoms. The van der Waals surface area contributed by atoms with Crippen LogP contribution in [0.1, 0.15) is 66.5 Å². The number of rotatable bonds is 6. The van der Waals surface area contributed by atoms with Crippen LogP contribution in [-0.2, 0) is 18.3 Å². The van der Waals surface area contributed by atoms with E-state index >= 15 is 0 Å². The highest BCUT2D eigenvalue weighted by Crippen LogP contribution is 2.56. The molecular formula is C44H38N2. The molecule has 2 aromatic heterocycles. The predicted molar refractivity (Wildman–Crippen MR) is 192 cm³/mol. The van der Waals surface area contributed by atoms with Gasteiger partial charge in [0.2, 0.25) is 0 Å². The van der Waals surface area contributed by atoms with E-state index < -0.39 is 0 Å². The Hall–Kier alpha value is -4.95. The molecule has 224 valence electrons. The van der Waals surface area contributed by atoms with Gasteiger partial charge in [-0.25, -0.2) is 0 Å². The molecule has 3 atom stereocenters. The van der Waals surface area contributed by atoms with E-state index in [1.54, 1.807) is 0 Å². The summed E-state index contributed by atoms with van der Waals surface area (Å²) >= 11 is 0. The lowest BCUT2D eigenvalue weighted by molar-refractivity contribution is 0.461. The molecule has 9 rings (SSSR count). The smallest absolute Gasteiger partial charge is 0.0702 e. The van der Waals surface area contributed by atoms with Crippen molar-refractivity contribution in [3.63, 3.8) is 0 Å². The number of hydrogen-bond donors (Lipinski definition) is 0. The molecule has 5 aromatic carbocycles. The van der Waals surface area contributed by atoms with Crippen molar-refractivity contribution in [2.24, 2.45) is 0 Å². The highest BCUT2D eigenvalue weighted by atomic mass is 15.0. The molecule has 0 amide bonds. The quantitative estimate of drug-likeness (QED) is 0.187. The summed E-state index contributed by atoms with van der Waals surface area (Å²) in [6, 6.07) is 48.0. The number of benzene rings is 5. The fourth-order valence-corrected chi connectivity index (χ4v) is 8.96. The molecule has 0 saturated carbocycles. The van der Waals surface area contributed by atoms with Crippen LogP contribution in [0.5, 0.6) is 0 Å². The van der Waals surface area contributed by atoms with Crippen LogP contribution in [0.15, 0.2) is 134 Å². The first-order chi connectivity index (χ1) is 22.6. The molecule has 0 N–H and O–H groups in total. The summed E-state index contributed by atoms with van der Waals surface area (Å²) in [5.41, 5.74) is 15.2. The Balaban J connectivity index is 1.10. The van der Waals surface area contributed by atoms with Crippen molar-refractivity contribution in [1.82, 2.24) is 9.55 Å². The highest BCUT2D eigenvalue weighted by Gasteiger charge is 2.47. The maximum absolute atomic E-state index is 4.65. The van der Waals surface area contributed by atoms with Gasteiger partial charge in [-0.05, 0) is 108 Å². The zero-order chi connectivity index (χ0) is 30.8. The maximum atomic E-state index is 4.65. The summed E-state index contributed by atoms with van der Waals surface area (Å²) in [5, 5.41) is 2.70. The Morgan fingerprint density at radius 2 is 1.37 bits per heavy atom. The van der Waals surface area contributed by atoms with Gasteiger partial charge in [0.15, 0.2) is 0 Å². The lowest BCUT2D eigenvalue weighted by Gasteiger charge is -2.28. The topological polar surface area (TPSA) is 17.8 Å². The summed E-state index contributed by atoms with van der Waals surface area (Å²) in [7, 11) is 0. The number of fused-ring (bicyclic) bond motifs is 9. The molecule has 2 heterocycles. The van der Waals surface area contributed by atoms with E-state index in [1.165, 1.54) is 66.3 Å². The second-order valence-corrected chi connectivity index (χ2v) is 13.6. The summed E-state index contributed by atoms with van der Waals surface area (Å²) < 4.78 is 2.59. The summed E-state index contributed by atoms with van der Waals surface area (Å²) in [4.78, 5) is 4.65. The number of para-hydroxylation sites is 2. The molecule has 2 nitrogen and oxygen atoms in total. The minimum atomic E-state index is -0.0241. The van der Waals surface area contributed by atoms with Gasteiger partial charge in [-0.2, -0.15) is 0 Å². The fraction of sp³-hybridized carbons (Fsp3) is 0.205. The van der Waals surface area contributed by atoms with Crippen LogP contribution in [0.2, 0.25) is 0 Å². The van der Waals surface area contributed by atoms with E-state index in [0.29, 0.717) is 12.0 Å². The number of hydrogen-bond acceptors (Lipinski definition) is 1. The molecule has 0 saturated heterocycles. The minimum Gasteiger partial charge on any atom is -0.338 e. The van der Waals surface area contributed by atoms with Crippen molar-refractivity contribution < 1.29 is 0 Å². The fourth-order valence-electron chi connectivity index (χ4n) is 8.96. The molecule has 3 unspecified atom stereocenters. The average molecular weight is 595 g/mol. The SMILES string of the molecule is CCC(CC(C)n1c2ccccc2c2ccccc21)c1ccc2c(c1)C1(Cc3ccc(-c4ccccn4)cc3C1)c1ccccc1-2. The molecule has 46 heavy (non-hydrogen) atoms. The van der Waals surface area contributed by atoms with Gasteiger partial charge in [-0.1, -0.05) is 104 Å². The van der Waals surface area contributed by atoms with Crippen molar-refractivity contribution in [3.8, 4) is 22.4 Å². The van der Waals surface area contributed by atoms with Crippen molar-refractivity contribution in [1.29, 1.82) is 0 Å². The van der Waals surface area contributed by atoms with E-state index in [-0.39, 0.29) is 5.41 Å². The van der Waals surface area contributed by atoms with Gasteiger partial charge in [0.25, 0.3) is 0 Å². The van der Waals surface area contributed by atoms with Crippen LogP contribution < -0.4 is 0 Å². The molecular weight excluding hydrogens is 556 g/mol. The van der Waals surface area contributed by atoms with Gasteiger partial charge in [0, 0.05) is 45.0 Å². The lowest BCUT2D eigenvalue weighted by atomic mass is 9.74. The third-order valence-corrected chi connectivity index (χ3v) is 11.1. The van der Waals surface area contributed by atoms with Crippen molar-refractivity contribution in [2.45, 2.75) is 56.9 Å². The van der Waals surface area contributed by atoms with Crippen LogP contribution in [0.3, 0.4) is 0 Å². The highest BCUT2D eigenvalue weighted by molar-refractivity contribution is 6.08. The lowest BCUT2D eigenvalue weighted by Crippen LogP contribution is -2.26. The monoisotopic (exact) mass is 594 g/mol. The zero-order valence-corrected chi connectivity index (χ0v) is 26.6. The molecule has 1 spiro atoms. The second-order valence-electron chi connectivity index (χ2n) is 13.6. The Kier molecular flexibility index (Phi) is 6.28. The van der Waals surface area contributed by atoms with Gasteiger partial charge in [0.05, 0.1) is 5.69 Å². The molecule has 0 radical (unpaired) electrons. The van der Waals surface area contributed by atoms with E-state index in [4.69, 9.17) is 0 Å². The van der Waals surface area contributed by atoms with E-state index in [1.807, 2.05) is 12.3 Å². The summed E-state index contributed by atoms with van der Waals surface area (Å²) in [5.74, 6) is 0.473. The Morgan fingerprint density at radius 3 is 2.13 bits per heavy atom. The third kappa shape index (κ3) is 4.06. The average Bonchev–Trinajstić information content (AvgIpc) is 3.75. The largest absolute Gasteiger partial charge is 0.338 e.